The third-order valence-corrected chi connectivity index (χ3v) is 28.2. The molecule has 0 N–H and O–H groups in total. The zero-order valence-corrected chi connectivity index (χ0v) is 72.7. The van der Waals surface area contributed by atoms with E-state index in [-0.39, 0.29) is 43.9 Å². The van der Waals surface area contributed by atoms with Crippen LogP contribution in [-0.4, -0.2) is 130 Å². The van der Waals surface area contributed by atoms with E-state index in [1.807, 2.05) is 113 Å². The minimum atomic E-state index is -2.74. The average molecular weight is 1630 g/mol. The molecular formula is C73H85B2Br2K2N4O8PS6. The van der Waals surface area contributed by atoms with E-state index < -0.39 is 51.2 Å². The van der Waals surface area contributed by atoms with E-state index in [4.69, 9.17) is 23.4 Å². The van der Waals surface area contributed by atoms with Crippen molar-refractivity contribution < 1.29 is 37.3 Å². The summed E-state index contributed by atoms with van der Waals surface area (Å²) < 4.78 is 64.6. The molecule has 0 spiro atoms. The van der Waals surface area contributed by atoms with Crippen molar-refractivity contribution in [1.82, 2.24) is 17.5 Å². The van der Waals surface area contributed by atoms with E-state index in [1.54, 1.807) is 0 Å². The van der Waals surface area contributed by atoms with Crippen LogP contribution < -0.4 is 15.8 Å². The standard InChI is InChI=1S/C28H24N2S3.C20H16Br2S2.C18H26B2N2O4S.C4H7O4P.3CH4.2K/c1-13-7-8-15(24-23(13)29-33-30-24)22-12-21-26(32-22)17-11-18-16(10-19(17)28(21,5)6)25-20(27(18,3)4)9-14(2)31-25;1-19(2)11-5-10-12(6-9(11)17-13(19)7-15(21)23-17)20(3,4)14-8-16(22)24-18(10)14;1-15(2)16(3,4)24-19(23-15)11-9-10-12(14-13(11)21-27-22-14)20-25-17(5,6)18(7,8)26-20;5-9(6)8-4-2-1-3-7-4;;;;;/h7-12H,1-6H3;5-8H,1-4H3;9-10H,1-8H3;4H,1-3H2;3*1H4;;. The fraction of sp³-hybridized carbons (Fsp3) is 0.452. The Hall–Kier alpha value is -0.497. The zero-order chi connectivity index (χ0) is 68.4. The van der Waals surface area contributed by atoms with Gasteiger partial charge < -0.3 is 28.2 Å². The number of fused-ring (bicyclic) bond motifs is 14. The van der Waals surface area contributed by atoms with E-state index >= 15 is 0 Å². The minimum absolute atomic E-state index is 0. The molecule has 2 atom stereocenters. The number of aromatic nitrogens is 4. The first kappa shape index (κ1) is 80.1. The van der Waals surface area contributed by atoms with Crippen LogP contribution in [0.2, 0.25) is 0 Å². The number of aryl methyl sites for hydroxylation is 2. The molecule has 6 aromatic heterocycles. The molecule has 3 fully saturated rings. The van der Waals surface area contributed by atoms with E-state index in [2.05, 4.69) is 184 Å². The molecule has 7 aliphatic rings. The Balaban J connectivity index is 0.000000147. The molecule has 4 aromatic carbocycles. The van der Waals surface area contributed by atoms with E-state index in [0.717, 1.165) is 39.4 Å². The van der Waals surface area contributed by atoms with Gasteiger partial charge in [0, 0.05) is 73.8 Å². The van der Waals surface area contributed by atoms with E-state index in [1.165, 1.54) is 201 Å². The van der Waals surface area contributed by atoms with Gasteiger partial charge in [0.15, 0.2) is 0 Å². The average Bonchev–Trinajstić information content (AvgIpc) is 1.54. The maximum atomic E-state index is 9.89. The fourth-order valence-corrected chi connectivity index (χ4v) is 21.9. The summed E-state index contributed by atoms with van der Waals surface area (Å²) in [5.41, 5.74) is 23.9. The van der Waals surface area contributed by atoms with Crippen LogP contribution in [0.1, 0.15) is 201 Å². The van der Waals surface area contributed by atoms with Crippen LogP contribution in [0.15, 0.2) is 80.4 Å². The topological polar surface area (TPSA) is 147 Å². The van der Waals surface area contributed by atoms with Gasteiger partial charge in [-0.2, -0.15) is 17.5 Å². The molecule has 0 saturated carbocycles. The summed E-state index contributed by atoms with van der Waals surface area (Å²) in [5.74, 6) is 0. The molecule has 3 saturated heterocycles. The number of hydrogen-bond donors (Lipinski definition) is 0. The molecule has 25 heteroatoms. The number of halogens is 2. The molecule has 3 aliphatic heterocycles. The van der Waals surface area contributed by atoms with Crippen LogP contribution >= 0.6 is 109 Å². The molecule has 2 unspecified atom stereocenters. The number of ether oxygens (including phenoxy) is 1. The molecular weight excluding hydrogens is 1540 g/mol. The number of hydrogen-bond acceptors (Lipinski definition) is 18. The molecule has 0 radical (unpaired) electrons. The van der Waals surface area contributed by atoms with E-state index in [0.29, 0.717) is 13.0 Å². The second-order valence-corrected chi connectivity index (χ2v) is 38.4. The van der Waals surface area contributed by atoms with Crippen molar-refractivity contribution in [2.75, 3.05) is 6.61 Å². The summed E-state index contributed by atoms with van der Waals surface area (Å²) in [4.78, 5) is 18.4. The van der Waals surface area contributed by atoms with Crippen molar-refractivity contribution in [3.63, 3.8) is 0 Å². The first-order valence-corrected chi connectivity index (χ1v) is 55.8. The van der Waals surface area contributed by atoms with Crippen molar-refractivity contribution in [3.8, 4) is 52.2 Å². The predicted octanol–water partition coefficient (Wildman–Crippen LogP) is 20.3. The SMILES string of the molecule is C.C.C.CC1(C)OB(c2ccc(B3OC(C)(C)C(C)(C)O3)c3nsnc23)OC1(C)C.CC1(C)c2cc3c(cc2-c2sc(Br)cc21)C(C)(C)c1cc(Br)sc1-3.Cc1cc2c(s1)-c1cc3c(cc1C2(C)C)-c1sc(-c2ccc(C)c4nsnc24)cc1C3(C)C.O=[P+]([O-])OC1CCCO1.[K][K]. The molecule has 0 bridgehead atoms. The first-order valence-electron chi connectivity index (χ1n) is 32.4. The fourth-order valence-electron chi connectivity index (χ4n) is 14.2. The number of rotatable bonds is 5. The molecule has 17 rings (SSSR count). The molecule has 0 amide bonds. The van der Waals surface area contributed by atoms with E-state index in [9.17, 15) is 9.46 Å². The molecule has 10 aromatic rings. The van der Waals surface area contributed by atoms with Gasteiger partial charge in [0.1, 0.15) is 22.1 Å². The molecule has 508 valence electrons. The Morgan fingerprint density at radius 2 is 0.857 bits per heavy atom. The Morgan fingerprint density at radius 3 is 1.26 bits per heavy atom. The van der Waals surface area contributed by atoms with Gasteiger partial charge in [-0.25, -0.2) is 0 Å². The second-order valence-electron chi connectivity index (χ2n) is 29.5. The summed E-state index contributed by atoms with van der Waals surface area (Å²) in [6.07, 6.45) is 1.06. The van der Waals surface area contributed by atoms with Crippen LogP contribution in [0.5, 0.6) is 0 Å². The van der Waals surface area contributed by atoms with Gasteiger partial charge in [-0.05, 0) is 233 Å². The van der Waals surface area contributed by atoms with Crippen LogP contribution in [0.3, 0.4) is 0 Å². The number of nitrogens with zero attached hydrogens (tertiary/aromatic N) is 4. The van der Waals surface area contributed by atoms with Crippen LogP contribution in [0.4, 0.5) is 0 Å². The third-order valence-electron chi connectivity index (χ3n) is 21.1. The van der Waals surface area contributed by atoms with Crippen molar-refractivity contribution in [2.45, 2.75) is 210 Å². The van der Waals surface area contributed by atoms with Gasteiger partial charge in [-0.3, -0.25) is 0 Å². The maximum absolute atomic E-state index is 9.89. The van der Waals surface area contributed by atoms with Gasteiger partial charge >= 0.3 is 85.6 Å². The molecule has 4 aliphatic carbocycles. The summed E-state index contributed by atoms with van der Waals surface area (Å²) in [6, 6.07) is 27.8. The monoisotopic (exact) mass is 1630 g/mol. The Bertz CT molecular complexity index is 4570. The summed E-state index contributed by atoms with van der Waals surface area (Å²) in [6.45, 7) is 40.3. The Labute approximate surface area is 668 Å². The van der Waals surface area contributed by atoms with Gasteiger partial charge in [0.2, 0.25) is 6.29 Å². The number of benzene rings is 4. The first-order chi connectivity index (χ1) is 44.5. The zero-order valence-electron chi connectivity index (χ0n) is 57.5. The Morgan fingerprint density at radius 1 is 0.490 bits per heavy atom. The van der Waals surface area contributed by atoms with Crippen molar-refractivity contribution in [2.24, 2.45) is 0 Å². The Kier molecular flexibility index (Phi) is 23.6. The summed E-state index contributed by atoms with van der Waals surface area (Å²) in [7, 11) is -3.69. The molecule has 12 nitrogen and oxygen atoms in total. The van der Waals surface area contributed by atoms with Gasteiger partial charge in [-0.15, -0.1) is 49.9 Å². The molecule has 9 heterocycles. The second kappa shape index (κ2) is 28.9. The van der Waals surface area contributed by atoms with Crippen LogP contribution in [-0.2, 0) is 54.1 Å². The normalized spacial score (nSPS) is 19.8. The molecule has 98 heavy (non-hydrogen) atoms. The van der Waals surface area contributed by atoms with Gasteiger partial charge in [0.25, 0.3) is 0 Å². The van der Waals surface area contributed by atoms with Crippen LogP contribution in [0, 0.1) is 13.8 Å². The van der Waals surface area contributed by atoms with Gasteiger partial charge in [0.05, 0.1) is 60.0 Å². The summed E-state index contributed by atoms with van der Waals surface area (Å²) >= 11 is 20.0. The van der Waals surface area contributed by atoms with Gasteiger partial charge in [-0.1, -0.05) is 102 Å². The van der Waals surface area contributed by atoms with Crippen LogP contribution in [0.25, 0.3) is 74.3 Å². The quantitative estimate of drug-likeness (QED) is 0.119. The third kappa shape index (κ3) is 13.6. The summed E-state index contributed by atoms with van der Waals surface area (Å²) in [5, 5.41) is 0. The predicted molar refractivity (Wildman–Crippen MR) is 424 cm³/mol. The van der Waals surface area contributed by atoms with Crippen molar-refractivity contribution >= 4 is 219 Å². The number of thiophene rings is 4. The van der Waals surface area contributed by atoms with Crippen molar-refractivity contribution in [3.05, 3.63) is 135 Å². The van der Waals surface area contributed by atoms with Crippen molar-refractivity contribution in [1.29, 1.82) is 0 Å².